The zero-order valence-corrected chi connectivity index (χ0v) is 14.9. The Morgan fingerprint density at radius 1 is 1.40 bits per heavy atom. The zero-order chi connectivity index (χ0) is 14.8. The molecule has 1 N–H and O–H groups in total. The highest BCUT2D eigenvalue weighted by Crippen LogP contribution is 2.34. The Morgan fingerprint density at radius 2 is 2.15 bits per heavy atom. The van der Waals surface area contributed by atoms with Crippen LogP contribution in [-0.2, 0) is 19.4 Å². The fraction of sp³-hybridized carbons (Fsp3) is 0.812. The largest absolute Gasteiger partial charge is 0.311 e. The second-order valence-corrected chi connectivity index (χ2v) is 7.26. The highest BCUT2D eigenvalue weighted by atomic mass is 79.9. The third-order valence-electron chi connectivity index (χ3n) is 4.33. The summed E-state index contributed by atoms with van der Waals surface area (Å²) in [6.45, 7) is 11.1. The average Bonchev–Trinajstić information content (AvgIpc) is 2.96. The fourth-order valence-electron chi connectivity index (χ4n) is 3.55. The average molecular weight is 342 g/mol. The van der Waals surface area contributed by atoms with Crippen LogP contribution >= 0.6 is 15.9 Å². The van der Waals surface area contributed by atoms with Crippen LogP contribution < -0.4 is 5.32 Å². The molecular formula is C16H28BrN3. The number of hydrogen-bond acceptors (Lipinski definition) is 2. The molecule has 0 aromatic carbocycles. The molecule has 1 fully saturated rings. The summed E-state index contributed by atoms with van der Waals surface area (Å²) in [5.74, 6) is 0.725. The van der Waals surface area contributed by atoms with Crippen LogP contribution in [0, 0.1) is 5.92 Å². The van der Waals surface area contributed by atoms with E-state index >= 15 is 0 Å². The lowest BCUT2D eigenvalue weighted by Crippen LogP contribution is -2.43. The SMILES string of the molecule is CCc1nn(CC)c(CC2(CC(C)C)CCCN2)c1Br. The molecule has 1 atom stereocenters. The number of aryl methyl sites for hydroxylation is 2. The van der Waals surface area contributed by atoms with Crippen LogP contribution in [0.1, 0.15) is 58.3 Å². The Labute approximate surface area is 131 Å². The van der Waals surface area contributed by atoms with Crippen LogP contribution in [-0.4, -0.2) is 21.9 Å². The van der Waals surface area contributed by atoms with Gasteiger partial charge in [0, 0.05) is 18.5 Å². The van der Waals surface area contributed by atoms with Gasteiger partial charge in [-0.25, -0.2) is 0 Å². The van der Waals surface area contributed by atoms with E-state index in [1.165, 1.54) is 35.1 Å². The van der Waals surface area contributed by atoms with Gasteiger partial charge in [0.15, 0.2) is 0 Å². The molecule has 3 nitrogen and oxygen atoms in total. The third kappa shape index (κ3) is 3.28. The fourth-order valence-corrected chi connectivity index (χ4v) is 4.26. The minimum Gasteiger partial charge on any atom is -0.311 e. The van der Waals surface area contributed by atoms with Gasteiger partial charge in [-0.15, -0.1) is 0 Å². The minimum absolute atomic E-state index is 0.272. The highest BCUT2D eigenvalue weighted by Gasteiger charge is 2.36. The van der Waals surface area contributed by atoms with E-state index in [2.05, 4.69) is 53.6 Å². The third-order valence-corrected chi connectivity index (χ3v) is 5.25. The van der Waals surface area contributed by atoms with Crippen LogP contribution in [0.4, 0.5) is 0 Å². The maximum atomic E-state index is 4.74. The molecule has 0 saturated carbocycles. The Bertz CT molecular complexity index is 445. The lowest BCUT2D eigenvalue weighted by atomic mass is 9.83. The molecule has 0 aliphatic carbocycles. The molecule has 1 aliphatic rings. The number of nitrogens with zero attached hydrogens (tertiary/aromatic N) is 2. The number of halogens is 1. The van der Waals surface area contributed by atoms with Gasteiger partial charge < -0.3 is 5.32 Å². The molecule has 0 amide bonds. The summed E-state index contributed by atoms with van der Waals surface area (Å²) >= 11 is 3.79. The standard InChI is InChI=1S/C16H28BrN3/c1-5-13-15(17)14(20(6-2)19-13)11-16(10-12(3)4)8-7-9-18-16/h12,18H,5-11H2,1-4H3. The lowest BCUT2D eigenvalue weighted by molar-refractivity contribution is 0.294. The van der Waals surface area contributed by atoms with Gasteiger partial charge in [-0.2, -0.15) is 5.10 Å². The summed E-state index contributed by atoms with van der Waals surface area (Å²) in [5, 5.41) is 8.53. The maximum Gasteiger partial charge on any atom is 0.0766 e. The topological polar surface area (TPSA) is 29.9 Å². The van der Waals surface area contributed by atoms with Crippen molar-refractivity contribution in [3.05, 3.63) is 15.9 Å². The van der Waals surface area contributed by atoms with Gasteiger partial charge >= 0.3 is 0 Å². The van der Waals surface area contributed by atoms with Crippen LogP contribution in [0.25, 0.3) is 0 Å². The van der Waals surface area contributed by atoms with E-state index in [1.54, 1.807) is 0 Å². The summed E-state index contributed by atoms with van der Waals surface area (Å²) < 4.78 is 3.42. The van der Waals surface area contributed by atoms with Crippen LogP contribution in [0.5, 0.6) is 0 Å². The second kappa shape index (κ2) is 6.61. The Kier molecular flexibility index (Phi) is 5.30. The summed E-state index contributed by atoms with van der Waals surface area (Å²) in [6, 6.07) is 0. The van der Waals surface area contributed by atoms with Crippen molar-refractivity contribution in [1.82, 2.24) is 15.1 Å². The molecule has 0 bridgehead atoms. The molecule has 1 unspecified atom stereocenters. The van der Waals surface area contributed by atoms with Crippen molar-refractivity contribution >= 4 is 15.9 Å². The van der Waals surface area contributed by atoms with Gasteiger partial charge in [0.25, 0.3) is 0 Å². The molecule has 0 spiro atoms. The van der Waals surface area contributed by atoms with E-state index in [9.17, 15) is 0 Å². The molecule has 0 radical (unpaired) electrons. The Hall–Kier alpha value is -0.350. The van der Waals surface area contributed by atoms with Crippen LogP contribution in [0.3, 0.4) is 0 Å². The first-order valence-corrected chi connectivity index (χ1v) is 8.79. The van der Waals surface area contributed by atoms with Gasteiger partial charge in [-0.1, -0.05) is 20.8 Å². The van der Waals surface area contributed by atoms with Gasteiger partial charge in [0.2, 0.25) is 0 Å². The van der Waals surface area contributed by atoms with Crippen molar-refractivity contribution in [2.24, 2.45) is 5.92 Å². The molecule has 20 heavy (non-hydrogen) atoms. The Morgan fingerprint density at radius 3 is 2.65 bits per heavy atom. The van der Waals surface area contributed by atoms with Gasteiger partial charge in [-0.05, 0) is 61.0 Å². The van der Waals surface area contributed by atoms with E-state index in [4.69, 9.17) is 5.10 Å². The lowest BCUT2D eigenvalue weighted by Gasteiger charge is -2.32. The first kappa shape index (κ1) is 16.0. The molecule has 4 heteroatoms. The van der Waals surface area contributed by atoms with Crippen molar-refractivity contribution < 1.29 is 0 Å². The zero-order valence-electron chi connectivity index (χ0n) is 13.3. The molecule has 1 saturated heterocycles. The first-order chi connectivity index (χ1) is 9.51. The van der Waals surface area contributed by atoms with Crippen molar-refractivity contribution in [1.29, 1.82) is 0 Å². The summed E-state index contributed by atoms with van der Waals surface area (Å²) in [6.07, 6.45) is 5.91. The molecular weight excluding hydrogens is 314 g/mol. The monoisotopic (exact) mass is 341 g/mol. The Balaban J connectivity index is 2.28. The predicted octanol–water partition coefficient (Wildman–Crippen LogP) is 3.94. The van der Waals surface area contributed by atoms with Gasteiger partial charge in [0.1, 0.15) is 0 Å². The van der Waals surface area contributed by atoms with Crippen molar-refractivity contribution in [2.75, 3.05) is 6.54 Å². The highest BCUT2D eigenvalue weighted by molar-refractivity contribution is 9.10. The van der Waals surface area contributed by atoms with E-state index in [1.807, 2.05) is 0 Å². The molecule has 1 aromatic heterocycles. The van der Waals surface area contributed by atoms with Crippen molar-refractivity contribution in [3.8, 4) is 0 Å². The predicted molar refractivity (Wildman–Crippen MR) is 88.1 cm³/mol. The molecule has 114 valence electrons. The van der Waals surface area contributed by atoms with E-state index in [0.717, 1.165) is 31.8 Å². The summed E-state index contributed by atoms with van der Waals surface area (Å²) in [5.41, 5.74) is 2.84. The van der Waals surface area contributed by atoms with Crippen LogP contribution in [0.15, 0.2) is 4.47 Å². The number of rotatable bonds is 6. The molecule has 1 aromatic rings. The number of nitrogens with one attached hydrogen (secondary N) is 1. The maximum absolute atomic E-state index is 4.74. The van der Waals surface area contributed by atoms with E-state index < -0.39 is 0 Å². The van der Waals surface area contributed by atoms with Crippen molar-refractivity contribution in [2.45, 2.75) is 71.9 Å². The summed E-state index contributed by atoms with van der Waals surface area (Å²) in [7, 11) is 0. The molecule has 2 rings (SSSR count). The first-order valence-electron chi connectivity index (χ1n) is 8.00. The van der Waals surface area contributed by atoms with E-state index in [0.29, 0.717) is 0 Å². The molecule has 2 heterocycles. The second-order valence-electron chi connectivity index (χ2n) is 6.46. The number of hydrogen-bond donors (Lipinski definition) is 1. The quantitative estimate of drug-likeness (QED) is 0.849. The summed E-state index contributed by atoms with van der Waals surface area (Å²) in [4.78, 5) is 0. The van der Waals surface area contributed by atoms with Gasteiger partial charge in [0.05, 0.1) is 15.9 Å². The van der Waals surface area contributed by atoms with E-state index in [-0.39, 0.29) is 5.54 Å². The van der Waals surface area contributed by atoms with Crippen LogP contribution in [0.2, 0.25) is 0 Å². The normalized spacial score (nSPS) is 22.9. The van der Waals surface area contributed by atoms with Gasteiger partial charge in [-0.3, -0.25) is 4.68 Å². The van der Waals surface area contributed by atoms with Crippen molar-refractivity contribution in [3.63, 3.8) is 0 Å². The smallest absolute Gasteiger partial charge is 0.0766 e. The minimum atomic E-state index is 0.272. The number of aromatic nitrogens is 2. The molecule has 1 aliphatic heterocycles.